The minimum atomic E-state index is -1.14. The predicted molar refractivity (Wildman–Crippen MR) is 62.4 cm³/mol. The van der Waals surface area contributed by atoms with Gasteiger partial charge in [-0.1, -0.05) is 15.9 Å². The van der Waals surface area contributed by atoms with Gasteiger partial charge in [-0.25, -0.2) is 4.79 Å². The van der Waals surface area contributed by atoms with E-state index >= 15 is 0 Å². The number of aromatic hydroxyl groups is 1. The first-order valence-electron chi connectivity index (χ1n) is 5.02. The van der Waals surface area contributed by atoms with Crippen LogP contribution in [0.1, 0.15) is 34.8 Å². The van der Waals surface area contributed by atoms with Gasteiger partial charge in [-0.2, -0.15) is 0 Å². The Balaban J connectivity index is 2.49. The molecule has 86 valence electrons. The predicted octanol–water partition coefficient (Wildman–Crippen LogP) is 2.26. The van der Waals surface area contributed by atoms with Crippen LogP contribution in [-0.4, -0.2) is 16.2 Å². The first kappa shape index (κ1) is 11.4. The lowest BCUT2D eigenvalue weighted by Crippen LogP contribution is -2.14. The lowest BCUT2D eigenvalue weighted by atomic mass is 9.99. The molecule has 4 N–H and O–H groups in total. The number of phenols is 1. The molecule has 1 aromatic rings. The van der Waals surface area contributed by atoms with Crippen LogP contribution in [0.5, 0.6) is 5.75 Å². The molecular formula is C11H12BrNO3. The van der Waals surface area contributed by atoms with Crippen LogP contribution in [0.15, 0.2) is 16.6 Å². The first-order chi connectivity index (χ1) is 7.52. The van der Waals surface area contributed by atoms with Gasteiger partial charge in [0.1, 0.15) is 11.3 Å². The highest BCUT2D eigenvalue weighted by Gasteiger charge is 2.33. The molecule has 4 nitrogen and oxygen atoms in total. The molecule has 0 heterocycles. The van der Waals surface area contributed by atoms with Crippen molar-refractivity contribution in [2.24, 2.45) is 11.7 Å². The number of carbonyl (C=O) groups is 1. The maximum Gasteiger partial charge on any atom is 0.339 e. The van der Waals surface area contributed by atoms with E-state index in [1.807, 2.05) is 0 Å². The smallest absolute Gasteiger partial charge is 0.339 e. The fourth-order valence-corrected chi connectivity index (χ4v) is 2.35. The molecule has 1 fully saturated rings. The van der Waals surface area contributed by atoms with Crippen LogP contribution in [0.25, 0.3) is 0 Å². The van der Waals surface area contributed by atoms with E-state index in [-0.39, 0.29) is 17.4 Å². The lowest BCUT2D eigenvalue weighted by Gasteiger charge is -2.16. The molecule has 0 amide bonds. The number of carboxylic acid groups (broad SMARTS) is 1. The van der Waals surface area contributed by atoms with Gasteiger partial charge in [0.25, 0.3) is 0 Å². The highest BCUT2D eigenvalue weighted by atomic mass is 79.9. The molecule has 0 saturated heterocycles. The van der Waals surface area contributed by atoms with Gasteiger partial charge in [0, 0.05) is 16.1 Å². The van der Waals surface area contributed by atoms with E-state index in [4.69, 9.17) is 10.8 Å². The van der Waals surface area contributed by atoms with Crippen molar-refractivity contribution >= 4 is 21.9 Å². The first-order valence-corrected chi connectivity index (χ1v) is 5.82. The Hall–Kier alpha value is -1.07. The highest BCUT2D eigenvalue weighted by Crippen LogP contribution is 2.45. The summed E-state index contributed by atoms with van der Waals surface area (Å²) in [7, 11) is 0. The van der Waals surface area contributed by atoms with Gasteiger partial charge in [0.15, 0.2) is 0 Å². The van der Waals surface area contributed by atoms with E-state index in [1.54, 1.807) is 6.07 Å². The summed E-state index contributed by atoms with van der Waals surface area (Å²) in [5, 5.41) is 18.8. The van der Waals surface area contributed by atoms with E-state index in [0.29, 0.717) is 16.0 Å². The second-order valence-electron chi connectivity index (χ2n) is 4.03. The second kappa shape index (κ2) is 4.07. The van der Waals surface area contributed by atoms with Crippen LogP contribution in [-0.2, 0) is 0 Å². The van der Waals surface area contributed by atoms with E-state index in [1.165, 1.54) is 6.07 Å². The molecule has 16 heavy (non-hydrogen) atoms. The monoisotopic (exact) mass is 285 g/mol. The number of rotatable bonds is 3. The van der Waals surface area contributed by atoms with Crippen molar-refractivity contribution in [2.45, 2.75) is 18.9 Å². The number of nitrogens with two attached hydrogens (primary N) is 1. The molecule has 1 aromatic carbocycles. The molecule has 5 heteroatoms. The lowest BCUT2D eigenvalue weighted by molar-refractivity contribution is 0.0693. The second-order valence-corrected chi connectivity index (χ2v) is 4.88. The molecule has 0 unspecified atom stereocenters. The van der Waals surface area contributed by atoms with Crippen LogP contribution in [0, 0.1) is 5.92 Å². The SMILES string of the molecule is N[C@@H](c1c(Br)ccc(C(=O)O)c1O)C1CC1. The van der Waals surface area contributed by atoms with Crippen molar-refractivity contribution in [2.75, 3.05) is 0 Å². The van der Waals surface area contributed by atoms with E-state index in [9.17, 15) is 9.90 Å². The zero-order valence-corrected chi connectivity index (χ0v) is 10.1. The van der Waals surface area contributed by atoms with Gasteiger partial charge in [-0.15, -0.1) is 0 Å². The van der Waals surface area contributed by atoms with Crippen LogP contribution in [0.2, 0.25) is 0 Å². The third-order valence-electron chi connectivity index (χ3n) is 2.86. The molecule has 1 aliphatic rings. The van der Waals surface area contributed by atoms with Crippen molar-refractivity contribution in [1.82, 2.24) is 0 Å². The fraction of sp³-hybridized carbons (Fsp3) is 0.364. The Morgan fingerprint density at radius 3 is 2.62 bits per heavy atom. The molecule has 0 radical (unpaired) electrons. The molecule has 0 aromatic heterocycles. The Morgan fingerprint density at radius 2 is 2.12 bits per heavy atom. The summed E-state index contributed by atoms with van der Waals surface area (Å²) < 4.78 is 0.661. The van der Waals surface area contributed by atoms with Crippen LogP contribution >= 0.6 is 15.9 Å². The van der Waals surface area contributed by atoms with Gasteiger partial charge < -0.3 is 15.9 Å². The van der Waals surface area contributed by atoms with E-state index < -0.39 is 5.97 Å². The summed E-state index contributed by atoms with van der Waals surface area (Å²) in [6.45, 7) is 0. The van der Waals surface area contributed by atoms with Crippen molar-refractivity contribution in [3.05, 3.63) is 27.7 Å². The Morgan fingerprint density at radius 1 is 1.50 bits per heavy atom. The molecule has 1 atom stereocenters. The number of halogens is 1. The molecular weight excluding hydrogens is 274 g/mol. The molecule has 2 rings (SSSR count). The minimum Gasteiger partial charge on any atom is -0.507 e. The van der Waals surface area contributed by atoms with Gasteiger partial charge in [-0.3, -0.25) is 0 Å². The van der Waals surface area contributed by atoms with Crippen LogP contribution in [0.3, 0.4) is 0 Å². The number of hydrogen-bond acceptors (Lipinski definition) is 3. The van der Waals surface area contributed by atoms with Crippen molar-refractivity contribution < 1.29 is 15.0 Å². The van der Waals surface area contributed by atoms with Gasteiger partial charge >= 0.3 is 5.97 Å². The maximum absolute atomic E-state index is 10.9. The van der Waals surface area contributed by atoms with E-state index in [0.717, 1.165) is 12.8 Å². The maximum atomic E-state index is 10.9. The normalized spacial score (nSPS) is 17.1. The molecule has 1 saturated carbocycles. The standard InChI is InChI=1S/C11H12BrNO3/c12-7-4-3-6(11(15)16)10(14)8(7)9(13)5-1-2-5/h3-5,9,14H,1-2,13H2,(H,15,16)/t9-/m1/s1. The Labute approximate surface area is 101 Å². The fourth-order valence-electron chi connectivity index (χ4n) is 1.76. The molecule has 0 bridgehead atoms. The average Bonchev–Trinajstić information content (AvgIpc) is 2.99. The summed E-state index contributed by atoms with van der Waals surface area (Å²) in [6.07, 6.45) is 2.06. The average molecular weight is 286 g/mol. The van der Waals surface area contributed by atoms with Crippen LogP contribution in [0.4, 0.5) is 0 Å². The minimum absolute atomic E-state index is 0.102. The van der Waals surface area contributed by atoms with Crippen molar-refractivity contribution in [1.29, 1.82) is 0 Å². The van der Waals surface area contributed by atoms with Crippen LogP contribution < -0.4 is 5.73 Å². The summed E-state index contributed by atoms with van der Waals surface area (Å²) in [4.78, 5) is 10.9. The van der Waals surface area contributed by atoms with Gasteiger partial charge in [-0.05, 0) is 30.9 Å². The molecule has 0 spiro atoms. The van der Waals surface area contributed by atoms with Gasteiger partial charge in [0.05, 0.1) is 0 Å². The number of benzene rings is 1. The Bertz CT molecular complexity index is 443. The van der Waals surface area contributed by atoms with Gasteiger partial charge in [0.2, 0.25) is 0 Å². The summed E-state index contributed by atoms with van der Waals surface area (Å²) >= 11 is 3.29. The third-order valence-corrected chi connectivity index (χ3v) is 3.55. The summed E-state index contributed by atoms with van der Waals surface area (Å²) in [5.74, 6) is -1.01. The zero-order valence-electron chi connectivity index (χ0n) is 8.48. The van der Waals surface area contributed by atoms with Crippen molar-refractivity contribution in [3.63, 3.8) is 0 Å². The molecule has 0 aliphatic heterocycles. The summed E-state index contributed by atoms with van der Waals surface area (Å²) in [6, 6.07) is 2.68. The molecule has 1 aliphatic carbocycles. The third kappa shape index (κ3) is 1.92. The summed E-state index contributed by atoms with van der Waals surface area (Å²) in [5.41, 5.74) is 6.39. The largest absolute Gasteiger partial charge is 0.507 e. The topological polar surface area (TPSA) is 83.6 Å². The zero-order chi connectivity index (χ0) is 11.9. The highest BCUT2D eigenvalue weighted by molar-refractivity contribution is 9.10. The quantitative estimate of drug-likeness (QED) is 0.795. The number of carboxylic acids is 1. The van der Waals surface area contributed by atoms with E-state index in [2.05, 4.69) is 15.9 Å². The van der Waals surface area contributed by atoms with Crippen molar-refractivity contribution in [3.8, 4) is 5.75 Å². The number of hydrogen-bond donors (Lipinski definition) is 3. The number of aromatic carboxylic acids is 1. The Kier molecular flexibility index (Phi) is 2.90.